The van der Waals surface area contributed by atoms with Crippen LogP contribution in [0.3, 0.4) is 0 Å². The van der Waals surface area contributed by atoms with Crippen LogP contribution in [0.15, 0.2) is 71.6 Å². The average molecular weight is 600 g/mol. The van der Waals surface area contributed by atoms with Gasteiger partial charge in [0.05, 0.1) is 17.7 Å². The van der Waals surface area contributed by atoms with Crippen molar-refractivity contribution >= 4 is 39.1 Å². The Labute approximate surface area is 248 Å². The Bertz CT molecular complexity index is 1480. The van der Waals surface area contributed by atoms with Crippen molar-refractivity contribution in [2.75, 3.05) is 24.5 Å². The molecule has 0 aliphatic rings. The number of sulfonamides is 1. The van der Waals surface area contributed by atoms with Gasteiger partial charge in [-0.2, -0.15) is 0 Å². The predicted molar refractivity (Wildman–Crippen MR) is 163 cm³/mol. The highest BCUT2D eigenvalue weighted by Crippen LogP contribution is 2.34. The third-order valence-corrected chi connectivity index (χ3v) is 8.78. The SMILES string of the molecule is COc1ccc(C)cc1N(CC(=O)N(Cc1ccccc1Cl)[C@H](C)C(=O)NCC(C)C)S(=O)(=O)c1ccc(C)cc1. The molecule has 8 nitrogen and oxygen atoms in total. The number of ether oxygens (including phenoxy) is 1. The molecule has 3 aromatic carbocycles. The highest BCUT2D eigenvalue weighted by Gasteiger charge is 2.34. The standard InChI is InChI=1S/C31H38ClN3O5S/c1-21(2)18-33-31(37)24(5)34(19-25-9-7-8-10-27(25)32)30(36)20-35(28-17-23(4)13-16-29(28)40-6)41(38,39)26-14-11-22(3)12-15-26/h7-17,21,24H,18-20H2,1-6H3,(H,33,37)/t24-/m1/s1. The van der Waals surface area contributed by atoms with Crippen molar-refractivity contribution in [3.05, 3.63) is 88.4 Å². The second kappa shape index (κ2) is 13.9. The van der Waals surface area contributed by atoms with Gasteiger partial charge in [-0.1, -0.05) is 67.4 Å². The number of halogens is 1. The minimum Gasteiger partial charge on any atom is -0.495 e. The molecule has 1 atom stereocenters. The molecule has 1 N–H and O–H groups in total. The highest BCUT2D eigenvalue weighted by molar-refractivity contribution is 7.92. The number of nitrogens with zero attached hydrogens (tertiary/aromatic N) is 2. The van der Waals surface area contributed by atoms with Crippen molar-refractivity contribution in [3.63, 3.8) is 0 Å². The Balaban J connectivity index is 2.09. The lowest BCUT2D eigenvalue weighted by Crippen LogP contribution is -2.51. The Morgan fingerprint density at radius 1 is 0.951 bits per heavy atom. The van der Waals surface area contributed by atoms with Gasteiger partial charge in [-0.15, -0.1) is 0 Å². The van der Waals surface area contributed by atoms with Gasteiger partial charge >= 0.3 is 0 Å². The molecule has 0 fully saturated rings. The maximum atomic E-state index is 14.1. The van der Waals surface area contributed by atoms with Crippen molar-refractivity contribution in [1.82, 2.24) is 10.2 Å². The van der Waals surface area contributed by atoms with Crippen molar-refractivity contribution in [2.45, 2.75) is 52.1 Å². The van der Waals surface area contributed by atoms with E-state index in [-0.39, 0.29) is 29.0 Å². The van der Waals surface area contributed by atoms with Crippen molar-refractivity contribution in [3.8, 4) is 5.75 Å². The Morgan fingerprint density at radius 2 is 1.59 bits per heavy atom. The van der Waals surface area contributed by atoms with E-state index in [0.29, 0.717) is 22.9 Å². The number of amides is 2. The number of hydrogen-bond donors (Lipinski definition) is 1. The second-order valence-corrected chi connectivity index (χ2v) is 12.7. The van der Waals surface area contributed by atoms with Gasteiger partial charge in [0.25, 0.3) is 10.0 Å². The lowest BCUT2D eigenvalue weighted by Gasteiger charge is -2.32. The molecule has 0 saturated carbocycles. The zero-order valence-electron chi connectivity index (χ0n) is 24.3. The van der Waals surface area contributed by atoms with Crippen molar-refractivity contribution < 1.29 is 22.7 Å². The summed E-state index contributed by atoms with van der Waals surface area (Å²) in [6, 6.07) is 17.7. The first-order valence-corrected chi connectivity index (χ1v) is 15.2. The monoisotopic (exact) mass is 599 g/mol. The zero-order chi connectivity index (χ0) is 30.3. The smallest absolute Gasteiger partial charge is 0.264 e. The number of nitrogens with one attached hydrogen (secondary N) is 1. The molecule has 3 rings (SSSR count). The van der Waals surface area contributed by atoms with E-state index >= 15 is 0 Å². The topological polar surface area (TPSA) is 96.0 Å². The summed E-state index contributed by atoms with van der Waals surface area (Å²) in [6.07, 6.45) is 0. The van der Waals surface area contributed by atoms with Gasteiger partial charge in [0.15, 0.2) is 0 Å². The summed E-state index contributed by atoms with van der Waals surface area (Å²) in [5, 5.41) is 3.31. The van der Waals surface area contributed by atoms with Gasteiger partial charge < -0.3 is 15.0 Å². The minimum atomic E-state index is -4.22. The predicted octanol–water partition coefficient (Wildman–Crippen LogP) is 5.35. The van der Waals surface area contributed by atoms with Gasteiger partial charge in [-0.3, -0.25) is 13.9 Å². The number of aryl methyl sites for hydroxylation is 2. The molecule has 0 radical (unpaired) electrons. The van der Waals surface area contributed by atoms with E-state index in [0.717, 1.165) is 15.4 Å². The summed E-state index contributed by atoms with van der Waals surface area (Å²) in [6.45, 7) is 9.13. The molecule has 0 aliphatic carbocycles. The van der Waals surface area contributed by atoms with E-state index in [1.54, 1.807) is 61.5 Å². The fraction of sp³-hybridized carbons (Fsp3) is 0.355. The molecule has 3 aromatic rings. The van der Waals surface area contributed by atoms with Gasteiger partial charge in [0, 0.05) is 18.1 Å². The third-order valence-electron chi connectivity index (χ3n) is 6.64. The largest absolute Gasteiger partial charge is 0.495 e. The minimum absolute atomic E-state index is 0.0120. The molecule has 2 amide bonds. The number of carbonyl (C=O) groups excluding carboxylic acids is 2. The summed E-state index contributed by atoms with van der Waals surface area (Å²) < 4.78 is 34.7. The number of anilines is 1. The molecule has 220 valence electrons. The first kappa shape index (κ1) is 32.0. The molecule has 0 bridgehead atoms. The fourth-order valence-corrected chi connectivity index (χ4v) is 5.80. The number of benzene rings is 3. The van der Waals surface area contributed by atoms with Crippen LogP contribution in [-0.2, 0) is 26.2 Å². The molecule has 0 spiro atoms. The molecule has 0 unspecified atom stereocenters. The first-order chi connectivity index (χ1) is 19.3. The van der Waals surface area contributed by atoms with Crippen LogP contribution in [0.4, 0.5) is 5.69 Å². The third kappa shape index (κ3) is 8.01. The number of carbonyl (C=O) groups is 2. The Morgan fingerprint density at radius 3 is 2.20 bits per heavy atom. The zero-order valence-corrected chi connectivity index (χ0v) is 25.9. The number of hydrogen-bond acceptors (Lipinski definition) is 5. The lowest BCUT2D eigenvalue weighted by atomic mass is 10.1. The van der Waals surface area contributed by atoms with Crippen LogP contribution >= 0.6 is 11.6 Å². The summed E-state index contributed by atoms with van der Waals surface area (Å²) in [5.74, 6) is -0.418. The van der Waals surface area contributed by atoms with Gasteiger partial charge in [-0.25, -0.2) is 8.42 Å². The average Bonchev–Trinajstić information content (AvgIpc) is 2.93. The molecular formula is C31H38ClN3O5S. The first-order valence-electron chi connectivity index (χ1n) is 13.4. The Kier molecular flexibility index (Phi) is 10.8. The van der Waals surface area contributed by atoms with Crippen LogP contribution in [0.1, 0.15) is 37.5 Å². The number of rotatable bonds is 12. The summed E-state index contributed by atoms with van der Waals surface area (Å²) >= 11 is 6.42. The molecule has 0 aliphatic heterocycles. The molecule has 0 heterocycles. The van der Waals surface area contributed by atoms with Crippen LogP contribution in [0.25, 0.3) is 0 Å². The quantitative estimate of drug-likeness (QED) is 0.303. The number of methoxy groups -OCH3 is 1. The van der Waals surface area contributed by atoms with Gasteiger partial charge in [-0.05, 0) is 68.1 Å². The van der Waals surface area contributed by atoms with Crippen molar-refractivity contribution in [2.24, 2.45) is 5.92 Å². The molecular weight excluding hydrogens is 562 g/mol. The van der Waals surface area contributed by atoms with Crippen molar-refractivity contribution in [1.29, 1.82) is 0 Å². The summed E-state index contributed by atoms with van der Waals surface area (Å²) in [7, 11) is -2.78. The highest BCUT2D eigenvalue weighted by atomic mass is 35.5. The van der Waals surface area contributed by atoms with Gasteiger partial charge in [0.2, 0.25) is 11.8 Å². The normalized spacial score (nSPS) is 12.1. The van der Waals surface area contributed by atoms with Crippen LogP contribution in [-0.4, -0.2) is 51.4 Å². The second-order valence-electron chi connectivity index (χ2n) is 10.4. The van der Waals surface area contributed by atoms with E-state index in [1.165, 1.54) is 24.1 Å². The van der Waals surface area contributed by atoms with Crippen LogP contribution in [0, 0.1) is 19.8 Å². The van der Waals surface area contributed by atoms with Crippen LogP contribution in [0.5, 0.6) is 5.75 Å². The van der Waals surface area contributed by atoms with E-state index in [4.69, 9.17) is 16.3 Å². The maximum absolute atomic E-state index is 14.1. The maximum Gasteiger partial charge on any atom is 0.264 e. The van der Waals surface area contributed by atoms with E-state index < -0.39 is 28.5 Å². The van der Waals surface area contributed by atoms with E-state index in [2.05, 4.69) is 5.32 Å². The fourth-order valence-electron chi connectivity index (χ4n) is 4.19. The van der Waals surface area contributed by atoms with Crippen LogP contribution < -0.4 is 14.4 Å². The van der Waals surface area contributed by atoms with E-state index in [9.17, 15) is 18.0 Å². The summed E-state index contributed by atoms with van der Waals surface area (Å²) in [5.41, 5.74) is 2.53. The molecule has 0 aromatic heterocycles. The van der Waals surface area contributed by atoms with Crippen LogP contribution in [0.2, 0.25) is 5.02 Å². The molecule has 41 heavy (non-hydrogen) atoms. The molecule has 0 saturated heterocycles. The molecule has 10 heteroatoms. The van der Waals surface area contributed by atoms with E-state index in [1.807, 2.05) is 27.7 Å². The Hall–Kier alpha value is -3.56. The summed E-state index contributed by atoms with van der Waals surface area (Å²) in [4.78, 5) is 28.6. The van der Waals surface area contributed by atoms with Gasteiger partial charge in [0.1, 0.15) is 18.3 Å². The lowest BCUT2D eigenvalue weighted by molar-refractivity contribution is -0.139.